The second-order valence-corrected chi connectivity index (χ2v) is 4.08. The third kappa shape index (κ3) is 1.44. The normalized spacial score (nSPS) is 18.8. The molecule has 1 unspecified atom stereocenters. The summed E-state index contributed by atoms with van der Waals surface area (Å²) in [6.07, 6.45) is 6.26. The molecule has 1 atom stereocenters. The number of hydrogen-bond donors (Lipinski definition) is 0. The van der Waals surface area contributed by atoms with Crippen molar-refractivity contribution in [3.05, 3.63) is 65.5 Å². The second-order valence-electron chi connectivity index (χ2n) is 4.08. The van der Waals surface area contributed by atoms with E-state index < -0.39 is 0 Å². The van der Waals surface area contributed by atoms with Gasteiger partial charge in [-0.2, -0.15) is 0 Å². The van der Waals surface area contributed by atoms with Crippen molar-refractivity contribution in [2.75, 3.05) is 0 Å². The molecule has 0 radical (unpaired) electrons. The Kier molecular flexibility index (Phi) is 2.02. The zero-order chi connectivity index (χ0) is 10.1. The van der Waals surface area contributed by atoms with Crippen LogP contribution in [0.3, 0.4) is 0 Å². The summed E-state index contributed by atoms with van der Waals surface area (Å²) < 4.78 is 0. The first-order valence-corrected chi connectivity index (χ1v) is 5.43. The third-order valence-electron chi connectivity index (χ3n) is 3.22. The fraction of sp³-hybridized carbons (Fsp3) is 0.214. The lowest BCUT2D eigenvalue weighted by atomic mass is 9.94. The van der Waals surface area contributed by atoms with Crippen molar-refractivity contribution in [2.45, 2.75) is 18.8 Å². The second kappa shape index (κ2) is 3.50. The topological polar surface area (TPSA) is 12.9 Å². The Bertz CT molecular complexity index is 462. The highest BCUT2D eigenvalue weighted by atomic mass is 14.6. The van der Waals surface area contributed by atoms with Crippen LogP contribution in [0.2, 0.25) is 0 Å². The molecule has 15 heavy (non-hydrogen) atoms. The van der Waals surface area contributed by atoms with Gasteiger partial charge in [0.2, 0.25) is 0 Å². The highest BCUT2D eigenvalue weighted by Gasteiger charge is 2.22. The van der Waals surface area contributed by atoms with E-state index >= 15 is 0 Å². The highest BCUT2D eigenvalue weighted by Crippen LogP contribution is 2.37. The van der Waals surface area contributed by atoms with Gasteiger partial charge in [0.05, 0.1) is 0 Å². The fourth-order valence-corrected chi connectivity index (χ4v) is 2.49. The van der Waals surface area contributed by atoms with Crippen molar-refractivity contribution >= 4 is 0 Å². The van der Waals surface area contributed by atoms with Crippen LogP contribution in [-0.4, -0.2) is 4.98 Å². The number of aryl methyl sites for hydroxylation is 1. The van der Waals surface area contributed by atoms with Crippen LogP contribution >= 0.6 is 0 Å². The van der Waals surface area contributed by atoms with Crippen LogP contribution in [0.4, 0.5) is 0 Å². The number of hydrogen-bond acceptors (Lipinski definition) is 1. The Morgan fingerprint density at radius 3 is 2.87 bits per heavy atom. The molecule has 0 fully saturated rings. The third-order valence-corrected chi connectivity index (χ3v) is 3.22. The van der Waals surface area contributed by atoms with E-state index in [1.165, 1.54) is 29.5 Å². The molecule has 0 saturated heterocycles. The number of pyridine rings is 1. The zero-order valence-corrected chi connectivity index (χ0v) is 8.56. The Morgan fingerprint density at radius 1 is 1.07 bits per heavy atom. The molecule has 74 valence electrons. The Morgan fingerprint density at radius 2 is 2.00 bits per heavy atom. The maximum absolute atomic E-state index is 4.20. The van der Waals surface area contributed by atoms with Gasteiger partial charge in [-0.05, 0) is 35.6 Å². The predicted octanol–water partition coefficient (Wildman–Crippen LogP) is 3.16. The van der Waals surface area contributed by atoms with Crippen LogP contribution in [-0.2, 0) is 6.42 Å². The molecule has 0 amide bonds. The van der Waals surface area contributed by atoms with Crippen LogP contribution in [0.15, 0.2) is 48.8 Å². The standard InChI is InChI=1S/C14H13N/c1-2-6-13-11(4-1)7-8-14(13)12-5-3-9-15-10-12/h1-6,9-10,14H,7-8H2. The number of aromatic nitrogens is 1. The number of nitrogens with zero attached hydrogens (tertiary/aromatic N) is 1. The Labute approximate surface area is 89.8 Å². The van der Waals surface area contributed by atoms with Crippen LogP contribution in [0.5, 0.6) is 0 Å². The molecule has 1 heteroatoms. The molecule has 3 rings (SSSR count). The summed E-state index contributed by atoms with van der Waals surface area (Å²) in [4.78, 5) is 4.20. The summed E-state index contributed by atoms with van der Waals surface area (Å²) >= 11 is 0. The molecule has 1 aromatic heterocycles. The summed E-state index contributed by atoms with van der Waals surface area (Å²) in [6.45, 7) is 0. The predicted molar refractivity (Wildman–Crippen MR) is 60.8 cm³/mol. The van der Waals surface area contributed by atoms with Crippen molar-refractivity contribution in [2.24, 2.45) is 0 Å². The summed E-state index contributed by atoms with van der Waals surface area (Å²) in [6, 6.07) is 13.0. The minimum absolute atomic E-state index is 0.565. The number of benzene rings is 1. The lowest BCUT2D eigenvalue weighted by Crippen LogP contribution is -1.95. The quantitative estimate of drug-likeness (QED) is 0.681. The molecule has 0 bridgehead atoms. The van der Waals surface area contributed by atoms with E-state index in [9.17, 15) is 0 Å². The van der Waals surface area contributed by atoms with Crippen LogP contribution in [0, 0.1) is 0 Å². The summed E-state index contributed by atoms with van der Waals surface area (Å²) in [7, 11) is 0. The first-order chi connectivity index (χ1) is 7.45. The largest absolute Gasteiger partial charge is 0.264 e. The summed E-state index contributed by atoms with van der Waals surface area (Å²) in [5, 5.41) is 0. The molecular formula is C14H13N. The molecule has 2 aromatic rings. The molecule has 1 aliphatic carbocycles. The van der Waals surface area contributed by atoms with Crippen LogP contribution < -0.4 is 0 Å². The van der Waals surface area contributed by atoms with E-state index in [1.54, 1.807) is 0 Å². The van der Waals surface area contributed by atoms with Crippen LogP contribution in [0.25, 0.3) is 0 Å². The maximum atomic E-state index is 4.20. The molecule has 1 nitrogen and oxygen atoms in total. The minimum atomic E-state index is 0.565. The SMILES string of the molecule is c1cncc(C2CCc3ccccc32)c1. The van der Waals surface area contributed by atoms with Gasteiger partial charge in [0.15, 0.2) is 0 Å². The average Bonchev–Trinajstić information content (AvgIpc) is 2.74. The molecule has 1 aromatic carbocycles. The van der Waals surface area contributed by atoms with E-state index in [0.29, 0.717) is 5.92 Å². The zero-order valence-electron chi connectivity index (χ0n) is 8.56. The Balaban J connectivity index is 2.05. The summed E-state index contributed by atoms with van der Waals surface area (Å²) in [5.41, 5.74) is 4.35. The van der Waals surface area contributed by atoms with Gasteiger partial charge < -0.3 is 0 Å². The van der Waals surface area contributed by atoms with Crippen LogP contribution in [0.1, 0.15) is 29.0 Å². The van der Waals surface area contributed by atoms with Gasteiger partial charge >= 0.3 is 0 Å². The first kappa shape index (κ1) is 8.66. The highest BCUT2D eigenvalue weighted by molar-refractivity contribution is 5.41. The van der Waals surface area contributed by atoms with Crippen molar-refractivity contribution in [1.82, 2.24) is 4.98 Å². The van der Waals surface area contributed by atoms with E-state index in [4.69, 9.17) is 0 Å². The minimum Gasteiger partial charge on any atom is -0.264 e. The average molecular weight is 195 g/mol. The van der Waals surface area contributed by atoms with Crippen molar-refractivity contribution in [3.63, 3.8) is 0 Å². The van der Waals surface area contributed by atoms with E-state index in [-0.39, 0.29) is 0 Å². The smallest absolute Gasteiger partial charge is 0.0306 e. The van der Waals surface area contributed by atoms with Gasteiger partial charge in [-0.15, -0.1) is 0 Å². The van der Waals surface area contributed by atoms with Gasteiger partial charge in [0, 0.05) is 18.3 Å². The van der Waals surface area contributed by atoms with E-state index in [0.717, 1.165) is 0 Å². The molecule has 1 heterocycles. The van der Waals surface area contributed by atoms with Gasteiger partial charge in [0.1, 0.15) is 0 Å². The molecule has 0 aliphatic heterocycles. The molecular weight excluding hydrogens is 182 g/mol. The van der Waals surface area contributed by atoms with E-state index in [2.05, 4.69) is 35.3 Å². The maximum Gasteiger partial charge on any atom is 0.0306 e. The molecule has 0 saturated carbocycles. The van der Waals surface area contributed by atoms with Gasteiger partial charge in [-0.1, -0.05) is 30.3 Å². The van der Waals surface area contributed by atoms with Crippen molar-refractivity contribution in [3.8, 4) is 0 Å². The molecule has 0 N–H and O–H groups in total. The van der Waals surface area contributed by atoms with Crippen molar-refractivity contribution < 1.29 is 0 Å². The molecule has 0 spiro atoms. The molecule has 1 aliphatic rings. The fourth-order valence-electron chi connectivity index (χ4n) is 2.49. The van der Waals surface area contributed by atoms with Gasteiger partial charge in [-0.25, -0.2) is 0 Å². The number of rotatable bonds is 1. The van der Waals surface area contributed by atoms with Gasteiger partial charge in [-0.3, -0.25) is 4.98 Å². The lowest BCUT2D eigenvalue weighted by molar-refractivity contribution is 0.784. The monoisotopic (exact) mass is 195 g/mol. The van der Waals surface area contributed by atoms with Crippen molar-refractivity contribution in [1.29, 1.82) is 0 Å². The summed E-state index contributed by atoms with van der Waals surface area (Å²) in [5.74, 6) is 0.565. The van der Waals surface area contributed by atoms with E-state index in [1.807, 2.05) is 18.5 Å². The first-order valence-electron chi connectivity index (χ1n) is 5.43. The number of fused-ring (bicyclic) bond motifs is 1. The lowest BCUT2D eigenvalue weighted by Gasteiger charge is -2.10. The van der Waals surface area contributed by atoms with Gasteiger partial charge in [0.25, 0.3) is 0 Å². The Hall–Kier alpha value is -1.63.